The average molecular weight is 290 g/mol. The quantitative estimate of drug-likeness (QED) is 0.677. The molecule has 0 spiro atoms. The summed E-state index contributed by atoms with van der Waals surface area (Å²) in [4.78, 5) is 4.02. The largest absolute Gasteiger partial charge is 0.263 e. The van der Waals surface area contributed by atoms with Gasteiger partial charge in [-0.05, 0) is 28.7 Å². The number of halogens is 2. The molecule has 0 aliphatic carbocycles. The van der Waals surface area contributed by atoms with E-state index in [9.17, 15) is 0 Å². The maximum absolute atomic E-state index is 6.00. The van der Waals surface area contributed by atoms with Gasteiger partial charge in [-0.3, -0.25) is 4.98 Å². The second-order valence-electron chi connectivity index (χ2n) is 2.46. The van der Waals surface area contributed by atoms with Gasteiger partial charge in [-0.2, -0.15) is 0 Å². The number of hydrogen-bond donors (Lipinski definition) is 0. The molecule has 1 aromatic carbocycles. The number of hydrogen-bond acceptors (Lipinski definition) is 1. The van der Waals surface area contributed by atoms with Crippen molar-refractivity contribution in [2.24, 2.45) is 0 Å². The lowest BCUT2D eigenvalue weighted by atomic mass is 10.2. The lowest BCUT2D eigenvalue weighted by Gasteiger charge is -2.00. The maximum Gasteiger partial charge on any atom is 0.0678 e. The molecule has 0 atom stereocenters. The molecule has 3 heteroatoms. The van der Waals surface area contributed by atoms with Crippen molar-refractivity contribution in [3.05, 3.63) is 39.2 Å². The summed E-state index contributed by atoms with van der Waals surface area (Å²) in [6.45, 7) is 0. The first kappa shape index (κ1) is 8.26. The maximum atomic E-state index is 6.00. The van der Waals surface area contributed by atoms with Gasteiger partial charge in [0.15, 0.2) is 0 Å². The van der Waals surface area contributed by atoms with Gasteiger partial charge in [-0.25, -0.2) is 0 Å². The number of aromatic nitrogens is 1. The van der Waals surface area contributed by atoms with Crippen molar-refractivity contribution < 1.29 is 0 Å². The van der Waals surface area contributed by atoms with Gasteiger partial charge in [0.2, 0.25) is 0 Å². The lowest BCUT2D eigenvalue weighted by Crippen LogP contribution is -1.80. The van der Waals surface area contributed by atoms with Crippen LogP contribution in [0.4, 0.5) is 0 Å². The summed E-state index contributed by atoms with van der Waals surface area (Å²) in [7, 11) is 0. The molecule has 0 saturated heterocycles. The standard InChI is InChI=1S/C9H5ClIN/c10-7-5-12-4-6-2-1-3-8(11)9(6)7/h1-5H. The number of benzene rings is 1. The predicted molar refractivity (Wildman–Crippen MR) is 59.5 cm³/mol. The third-order valence-electron chi connectivity index (χ3n) is 1.69. The Hall–Kier alpha value is -0.350. The van der Waals surface area contributed by atoms with Crippen LogP contribution in [0.2, 0.25) is 5.02 Å². The van der Waals surface area contributed by atoms with Crippen LogP contribution in [-0.4, -0.2) is 4.98 Å². The highest BCUT2D eigenvalue weighted by Gasteiger charge is 2.01. The first-order valence-electron chi connectivity index (χ1n) is 3.47. The van der Waals surface area contributed by atoms with E-state index in [2.05, 4.69) is 27.6 Å². The van der Waals surface area contributed by atoms with E-state index >= 15 is 0 Å². The Balaban J connectivity index is 2.96. The second-order valence-corrected chi connectivity index (χ2v) is 4.03. The summed E-state index contributed by atoms with van der Waals surface area (Å²) >= 11 is 8.27. The fourth-order valence-corrected chi connectivity index (χ4v) is 2.38. The van der Waals surface area contributed by atoms with Gasteiger partial charge in [0, 0.05) is 26.7 Å². The van der Waals surface area contributed by atoms with Crippen LogP contribution in [0.15, 0.2) is 30.6 Å². The Bertz CT molecular complexity index is 391. The molecular weight excluding hydrogens is 284 g/mol. The number of rotatable bonds is 0. The normalized spacial score (nSPS) is 10.5. The van der Waals surface area contributed by atoms with E-state index in [0.29, 0.717) is 0 Å². The highest BCUT2D eigenvalue weighted by Crippen LogP contribution is 2.26. The van der Waals surface area contributed by atoms with E-state index in [1.165, 1.54) is 0 Å². The third kappa shape index (κ3) is 1.29. The summed E-state index contributed by atoms with van der Waals surface area (Å²) < 4.78 is 1.16. The van der Waals surface area contributed by atoms with E-state index in [0.717, 1.165) is 19.4 Å². The summed E-state index contributed by atoms with van der Waals surface area (Å²) in [5, 5.41) is 2.90. The fourth-order valence-electron chi connectivity index (χ4n) is 1.15. The first-order chi connectivity index (χ1) is 5.79. The Labute approximate surface area is 88.9 Å². The third-order valence-corrected chi connectivity index (χ3v) is 2.87. The van der Waals surface area contributed by atoms with Crippen LogP contribution in [0.3, 0.4) is 0 Å². The SMILES string of the molecule is Clc1cncc2cccc(I)c12. The fraction of sp³-hybridized carbons (Fsp3) is 0. The molecule has 12 heavy (non-hydrogen) atoms. The monoisotopic (exact) mass is 289 g/mol. The van der Waals surface area contributed by atoms with Crippen molar-refractivity contribution in [3.63, 3.8) is 0 Å². The molecule has 0 bridgehead atoms. The van der Waals surface area contributed by atoms with Gasteiger partial charge in [-0.15, -0.1) is 0 Å². The molecule has 1 nitrogen and oxygen atoms in total. The highest BCUT2D eigenvalue weighted by atomic mass is 127. The summed E-state index contributed by atoms with van der Waals surface area (Å²) in [6, 6.07) is 6.05. The van der Waals surface area contributed by atoms with Gasteiger partial charge in [-0.1, -0.05) is 23.7 Å². The Morgan fingerprint density at radius 3 is 2.83 bits per heavy atom. The predicted octanol–water partition coefficient (Wildman–Crippen LogP) is 3.49. The first-order valence-corrected chi connectivity index (χ1v) is 4.92. The lowest BCUT2D eigenvalue weighted by molar-refractivity contribution is 1.36. The number of nitrogens with zero attached hydrogens (tertiary/aromatic N) is 1. The molecule has 0 aliphatic rings. The zero-order chi connectivity index (χ0) is 8.55. The molecule has 0 unspecified atom stereocenters. The van der Waals surface area contributed by atoms with E-state index in [1.807, 2.05) is 24.4 Å². The smallest absolute Gasteiger partial charge is 0.0678 e. The van der Waals surface area contributed by atoms with E-state index < -0.39 is 0 Å². The van der Waals surface area contributed by atoms with Gasteiger partial charge in [0.1, 0.15) is 0 Å². The highest BCUT2D eigenvalue weighted by molar-refractivity contribution is 14.1. The van der Waals surface area contributed by atoms with Gasteiger partial charge in [0.25, 0.3) is 0 Å². The minimum absolute atomic E-state index is 0.720. The zero-order valence-electron chi connectivity index (χ0n) is 6.09. The molecule has 2 rings (SSSR count). The van der Waals surface area contributed by atoms with Gasteiger partial charge >= 0.3 is 0 Å². The van der Waals surface area contributed by atoms with Crippen molar-refractivity contribution in [1.82, 2.24) is 4.98 Å². The summed E-state index contributed by atoms with van der Waals surface area (Å²) in [5.41, 5.74) is 0. The average Bonchev–Trinajstić information content (AvgIpc) is 2.04. The molecule has 0 fully saturated rings. The van der Waals surface area contributed by atoms with Crippen molar-refractivity contribution in [2.45, 2.75) is 0 Å². The van der Waals surface area contributed by atoms with Gasteiger partial charge < -0.3 is 0 Å². The van der Waals surface area contributed by atoms with Crippen molar-refractivity contribution in [3.8, 4) is 0 Å². The molecular formula is C9H5ClIN. The Morgan fingerprint density at radius 2 is 2.08 bits per heavy atom. The van der Waals surface area contributed by atoms with Crippen LogP contribution < -0.4 is 0 Å². The number of fused-ring (bicyclic) bond motifs is 1. The van der Waals surface area contributed by atoms with Crippen LogP contribution in [0.1, 0.15) is 0 Å². The van der Waals surface area contributed by atoms with Crippen molar-refractivity contribution >= 4 is 45.0 Å². The molecule has 60 valence electrons. The zero-order valence-corrected chi connectivity index (χ0v) is 9.00. The summed E-state index contributed by atoms with van der Waals surface area (Å²) in [5.74, 6) is 0. The minimum Gasteiger partial charge on any atom is -0.263 e. The molecule has 1 aromatic heterocycles. The van der Waals surface area contributed by atoms with Crippen molar-refractivity contribution in [2.75, 3.05) is 0 Å². The van der Waals surface area contributed by atoms with Crippen LogP contribution in [0.5, 0.6) is 0 Å². The van der Waals surface area contributed by atoms with Crippen LogP contribution in [0, 0.1) is 3.57 Å². The molecule has 0 saturated carbocycles. The Kier molecular flexibility index (Phi) is 2.19. The molecule has 1 heterocycles. The summed E-state index contributed by atoms with van der Waals surface area (Å²) in [6.07, 6.45) is 3.50. The van der Waals surface area contributed by atoms with Crippen LogP contribution in [-0.2, 0) is 0 Å². The molecule has 0 amide bonds. The minimum atomic E-state index is 0.720. The van der Waals surface area contributed by atoms with Gasteiger partial charge in [0.05, 0.1) is 5.02 Å². The number of pyridine rings is 1. The Morgan fingerprint density at radius 1 is 1.25 bits per heavy atom. The van der Waals surface area contributed by atoms with E-state index in [4.69, 9.17) is 11.6 Å². The van der Waals surface area contributed by atoms with E-state index in [1.54, 1.807) is 6.20 Å². The van der Waals surface area contributed by atoms with Crippen molar-refractivity contribution in [1.29, 1.82) is 0 Å². The topological polar surface area (TPSA) is 12.9 Å². The van der Waals surface area contributed by atoms with Crippen LogP contribution in [0.25, 0.3) is 10.8 Å². The molecule has 0 aliphatic heterocycles. The molecule has 0 radical (unpaired) electrons. The van der Waals surface area contributed by atoms with E-state index in [-0.39, 0.29) is 0 Å². The second kappa shape index (κ2) is 3.18. The molecule has 2 aromatic rings. The molecule has 0 N–H and O–H groups in total. The van der Waals surface area contributed by atoms with Crippen LogP contribution >= 0.6 is 34.2 Å².